The van der Waals surface area contributed by atoms with E-state index in [1.807, 2.05) is 390 Å². The number of nitrogens with zero attached hydrogens (tertiary/aromatic N) is 8. The van der Waals surface area contributed by atoms with Crippen molar-refractivity contribution < 1.29 is 43.1 Å². The molecule has 0 unspecified atom stereocenters. The van der Waals surface area contributed by atoms with Crippen LogP contribution in [0.5, 0.6) is 11.5 Å². The van der Waals surface area contributed by atoms with Gasteiger partial charge in [-0.15, -0.1) is 90.7 Å². The van der Waals surface area contributed by atoms with Gasteiger partial charge in [0.25, 0.3) is 47.3 Å². The standard InChI is InChI=1S/C20H14N2O2S.C20H14N2OS.C16H12N2OS.C15H12N2OS.4C11H10N2OS/c23-19(20-22-16-11-5-7-13-18(16)25-20)21-15-10-4-6-12-17(15)24-14-8-2-1-3-9-14;23-19(20-22-17-12-6-7-13-18(17)24-20)21-16-11-5-4-10-15(16)14-8-2-1-3-9-14;19-16(15-10-20-11-17-15)18-14-9-5-4-8-13(14)12-6-2-1-3-7-12;18-14(16-10-11-6-2-1-3-7-11)15-17-12-8-4-5-9-13(12)19-15;1-8-4-2-3-5-9(8)13-11(14)10-6-15-7-12-10;1-8-4-2-3-5-9(8)13-11(14)10-6-12-7-15-10;14-11(10-7-12-8-15-10)13-6-9-4-2-1-3-5-9;14-11(10-7-15-8-13-10)12-6-9-4-2-1-3-5-9/h1-13H,(H,21,23);1-13H,(H,21,23);1-11H,(H,18,19);1-9H,10H2,(H,16,18);2*2-7H,1H3,(H,13,14);1-5,7-8H,6H2,(H,13,14);1-5,7-8H,6H2,(H,12,14). The summed E-state index contributed by atoms with van der Waals surface area (Å²) in [4.78, 5) is 130. The highest BCUT2D eigenvalue weighted by Crippen LogP contribution is 2.34. The van der Waals surface area contributed by atoms with E-state index >= 15 is 0 Å². The van der Waals surface area contributed by atoms with Crippen molar-refractivity contribution in [1.82, 2.24) is 55.8 Å². The number of carbonyl (C=O) groups excluding carboxylic acids is 8. The molecule has 734 valence electrons. The number of aromatic nitrogens is 8. The van der Waals surface area contributed by atoms with Gasteiger partial charge in [0, 0.05) is 69.7 Å². The van der Waals surface area contributed by atoms with Gasteiger partial charge in [-0.2, -0.15) is 0 Å². The molecule has 25 nitrogen and oxygen atoms in total. The third-order valence-electron chi connectivity index (χ3n) is 21.1. The molecule has 0 radical (unpaired) electrons. The summed E-state index contributed by atoms with van der Waals surface area (Å²) in [5, 5.41) is 29.6. The van der Waals surface area contributed by atoms with Crippen molar-refractivity contribution in [3.05, 3.63) is 502 Å². The van der Waals surface area contributed by atoms with E-state index in [1.165, 1.54) is 90.7 Å². The van der Waals surface area contributed by atoms with Gasteiger partial charge in [-0.3, -0.25) is 48.3 Å². The minimum atomic E-state index is -0.245. The fourth-order valence-corrected chi connectivity index (χ4v) is 18.9. The van der Waals surface area contributed by atoms with E-state index in [2.05, 4.69) is 82.4 Å². The van der Waals surface area contributed by atoms with Crippen molar-refractivity contribution in [3.8, 4) is 33.8 Å². The summed E-state index contributed by atoms with van der Waals surface area (Å²) >= 11 is 11.1. The zero-order valence-electron chi connectivity index (χ0n) is 79.2. The maximum Gasteiger partial charge on any atom is 0.284 e. The van der Waals surface area contributed by atoms with Gasteiger partial charge in [0.05, 0.1) is 76.3 Å². The molecule has 0 atom stereocenters. The molecule has 8 heterocycles. The Bertz CT molecular complexity index is 7720. The van der Waals surface area contributed by atoms with E-state index in [-0.39, 0.29) is 47.3 Å². The Kier molecular flexibility index (Phi) is 39.2. The zero-order chi connectivity index (χ0) is 103. The van der Waals surface area contributed by atoms with Crippen LogP contribution in [-0.2, 0) is 19.6 Å². The second-order valence-electron chi connectivity index (χ2n) is 31.5. The molecule has 0 fully saturated rings. The summed E-state index contributed by atoms with van der Waals surface area (Å²) in [6.07, 6.45) is 3.14. The van der Waals surface area contributed by atoms with Crippen molar-refractivity contribution in [3.63, 3.8) is 0 Å². The number of hydrogen-bond acceptors (Lipinski definition) is 25. The molecule has 0 aliphatic rings. The maximum absolute atomic E-state index is 12.6. The van der Waals surface area contributed by atoms with E-state index in [1.54, 1.807) is 56.1 Å². The van der Waals surface area contributed by atoms with E-state index in [0.29, 0.717) is 78.7 Å². The van der Waals surface area contributed by atoms with Crippen LogP contribution in [-0.4, -0.2) is 87.1 Å². The first kappa shape index (κ1) is 105. The number of nitrogens with one attached hydrogen (secondary N) is 8. The quantitative estimate of drug-likeness (QED) is 0.0295. The lowest BCUT2D eigenvalue weighted by atomic mass is 10.0. The number of amides is 8. The summed E-state index contributed by atoms with van der Waals surface area (Å²) in [7, 11) is 0. The molecule has 0 aliphatic heterocycles. The number of carbonyl (C=O) groups is 8. The van der Waals surface area contributed by atoms with Crippen LogP contribution in [0.4, 0.5) is 28.4 Å². The number of para-hydroxylation sites is 10. The number of anilines is 5. The van der Waals surface area contributed by atoms with Gasteiger partial charge in [-0.05, 0) is 138 Å². The molecular formula is C115H92N16O9S8. The fourth-order valence-electron chi connectivity index (χ4n) is 13.7. The number of benzene rings is 14. The van der Waals surface area contributed by atoms with Crippen molar-refractivity contribution in [1.29, 1.82) is 0 Å². The van der Waals surface area contributed by atoms with Crippen molar-refractivity contribution in [2.24, 2.45) is 0 Å². The molecule has 0 saturated carbocycles. The molecule has 0 bridgehead atoms. The average Bonchev–Trinajstić information content (AvgIpc) is 1.75. The smallest absolute Gasteiger partial charge is 0.284 e. The molecule has 33 heteroatoms. The van der Waals surface area contributed by atoms with Crippen LogP contribution in [0.15, 0.2) is 432 Å². The molecule has 0 aliphatic carbocycles. The first-order valence-electron chi connectivity index (χ1n) is 45.8. The minimum absolute atomic E-state index is 0.0682. The van der Waals surface area contributed by atoms with Crippen LogP contribution in [0.2, 0.25) is 0 Å². The van der Waals surface area contributed by atoms with Gasteiger partial charge in [0.15, 0.2) is 20.8 Å². The predicted octanol–water partition coefficient (Wildman–Crippen LogP) is 27.4. The summed E-state index contributed by atoms with van der Waals surface area (Å²) in [5.41, 5.74) is 25.5. The predicted molar refractivity (Wildman–Crippen MR) is 601 cm³/mol. The normalized spacial score (nSPS) is 10.3. The van der Waals surface area contributed by atoms with Gasteiger partial charge in [0.2, 0.25) is 0 Å². The fraction of sp³-hybridized carbons (Fsp3) is 0.0435. The van der Waals surface area contributed by atoms with Crippen LogP contribution in [0.25, 0.3) is 52.9 Å². The maximum atomic E-state index is 12.6. The highest BCUT2D eigenvalue weighted by atomic mass is 32.1. The summed E-state index contributed by atoms with van der Waals surface area (Å²) < 4.78 is 8.91. The monoisotopic (exact) mass is 2100 g/mol. The van der Waals surface area contributed by atoms with Crippen LogP contribution < -0.4 is 47.3 Å². The van der Waals surface area contributed by atoms with Gasteiger partial charge in [-0.25, -0.2) is 29.9 Å². The first-order valence-corrected chi connectivity index (χ1v) is 52.8. The molecule has 0 saturated heterocycles. The van der Waals surface area contributed by atoms with Crippen molar-refractivity contribution in [2.45, 2.75) is 33.5 Å². The molecule has 8 amide bonds. The SMILES string of the molecule is Cc1ccccc1NC(=O)c1cncs1.Cc1ccccc1NC(=O)c1cscn1.O=C(NCc1ccccc1)c1cncs1.O=C(NCc1ccccc1)c1cscn1.O=C(NCc1ccccc1)c1nc2ccccc2s1.O=C(Nc1ccccc1-c1ccccc1)c1cscn1.O=C(Nc1ccccc1-c1ccccc1)c1nc2ccccc2s1.O=C(Nc1ccccc1Oc1ccccc1)c1nc2ccccc2s1. The number of ether oxygens (including phenoxy) is 1. The van der Waals surface area contributed by atoms with E-state index in [9.17, 15) is 38.4 Å². The van der Waals surface area contributed by atoms with Crippen molar-refractivity contribution >= 4 is 197 Å². The van der Waals surface area contributed by atoms with Crippen LogP contribution >= 0.6 is 90.7 Å². The Morgan fingerprint density at radius 1 is 0.270 bits per heavy atom. The topological polar surface area (TPSA) is 345 Å². The van der Waals surface area contributed by atoms with Crippen molar-refractivity contribution in [2.75, 3.05) is 26.6 Å². The average molecular weight is 2100 g/mol. The first-order chi connectivity index (χ1) is 72.5. The number of hydrogen-bond donors (Lipinski definition) is 8. The lowest BCUT2D eigenvalue weighted by Gasteiger charge is -2.11. The summed E-state index contributed by atoms with van der Waals surface area (Å²) in [6.45, 7) is 5.53. The second kappa shape index (κ2) is 55.4. The summed E-state index contributed by atoms with van der Waals surface area (Å²) in [5.74, 6) is 0.107. The summed E-state index contributed by atoms with van der Waals surface area (Å²) in [6, 6.07) is 120. The molecular weight excluding hydrogens is 2010 g/mol. The largest absolute Gasteiger partial charge is 0.455 e. The molecule has 8 aromatic heterocycles. The van der Waals surface area contributed by atoms with Crippen LogP contribution in [0.1, 0.15) is 108 Å². The van der Waals surface area contributed by atoms with Gasteiger partial charge >= 0.3 is 0 Å². The van der Waals surface area contributed by atoms with Gasteiger partial charge < -0.3 is 47.3 Å². The molecule has 0 spiro atoms. The van der Waals surface area contributed by atoms with Gasteiger partial charge in [-0.1, -0.05) is 291 Å². The Hall–Kier alpha value is -17.5. The van der Waals surface area contributed by atoms with E-state index in [4.69, 9.17) is 4.74 Å². The Labute approximate surface area is 884 Å². The third-order valence-corrected chi connectivity index (χ3v) is 27.5. The third kappa shape index (κ3) is 31.7. The minimum Gasteiger partial charge on any atom is -0.455 e. The molecule has 22 rings (SSSR count). The molecule has 8 N–H and O–H groups in total. The number of fused-ring (bicyclic) bond motifs is 3. The molecule has 22 aromatic rings. The highest BCUT2D eigenvalue weighted by molar-refractivity contribution is 7.21. The number of thiazole rings is 8. The lowest BCUT2D eigenvalue weighted by molar-refractivity contribution is 0.0940. The van der Waals surface area contributed by atoms with Gasteiger partial charge in [0.1, 0.15) is 32.6 Å². The van der Waals surface area contributed by atoms with Crippen LogP contribution in [0.3, 0.4) is 0 Å². The lowest BCUT2D eigenvalue weighted by Crippen LogP contribution is -2.22. The Morgan fingerprint density at radius 2 is 0.574 bits per heavy atom. The number of rotatable bonds is 23. The Morgan fingerprint density at radius 3 is 0.966 bits per heavy atom. The van der Waals surface area contributed by atoms with E-state index in [0.717, 1.165) is 103 Å². The Balaban J connectivity index is 0.000000128. The van der Waals surface area contributed by atoms with Crippen LogP contribution in [0, 0.1) is 13.8 Å². The van der Waals surface area contributed by atoms with E-state index < -0.39 is 0 Å². The number of aryl methyl sites for hydroxylation is 2. The second-order valence-corrected chi connectivity index (χ2v) is 38.5. The highest BCUT2D eigenvalue weighted by Gasteiger charge is 2.20. The molecule has 148 heavy (non-hydrogen) atoms. The molecule has 14 aromatic carbocycles. The zero-order valence-corrected chi connectivity index (χ0v) is 85.7.